The van der Waals surface area contributed by atoms with Gasteiger partial charge in [0.1, 0.15) is 5.82 Å². The monoisotopic (exact) mass is 458 g/mol. The summed E-state index contributed by atoms with van der Waals surface area (Å²) in [5, 5.41) is 10.2. The Kier molecular flexibility index (Phi) is 5.68. The quantitative estimate of drug-likeness (QED) is 0.513. The van der Waals surface area contributed by atoms with Gasteiger partial charge in [0.2, 0.25) is 0 Å². The van der Waals surface area contributed by atoms with Crippen LogP contribution in [-0.4, -0.2) is 11.7 Å². The Balaban J connectivity index is 1.52. The molecule has 1 aliphatic carbocycles. The van der Waals surface area contributed by atoms with E-state index in [2.05, 4.69) is 22.8 Å². The number of carbonyl (C=O) groups is 2. The van der Waals surface area contributed by atoms with Crippen LogP contribution in [0.5, 0.6) is 0 Å². The Morgan fingerprint density at radius 1 is 1.03 bits per heavy atom. The van der Waals surface area contributed by atoms with Gasteiger partial charge in [0.05, 0.1) is 0 Å². The Morgan fingerprint density at radius 2 is 1.79 bits per heavy atom. The van der Waals surface area contributed by atoms with Crippen molar-refractivity contribution in [1.82, 2.24) is 5.32 Å². The summed E-state index contributed by atoms with van der Waals surface area (Å²) in [7, 11) is 0. The maximum Gasteiger partial charge on any atom is 0.254 e. The van der Waals surface area contributed by atoms with Gasteiger partial charge in [-0.1, -0.05) is 30.3 Å². The van der Waals surface area contributed by atoms with Crippen molar-refractivity contribution in [2.24, 2.45) is 0 Å². The van der Waals surface area contributed by atoms with E-state index in [9.17, 15) is 14.0 Å². The lowest BCUT2D eigenvalue weighted by molar-refractivity contribution is -0.116. The number of hydrogen-bond donors (Lipinski definition) is 2. The molecule has 2 aliphatic rings. The third kappa shape index (κ3) is 4.14. The molecule has 0 unspecified atom stereocenters. The largest absolute Gasteiger partial charge is 0.362 e. The second kappa shape index (κ2) is 8.79. The van der Waals surface area contributed by atoms with Crippen LogP contribution in [0.3, 0.4) is 0 Å². The first-order valence-electron chi connectivity index (χ1n) is 10.9. The standard InChI is InChI=1S/C27H23FN2O2S/c1-16-24(27(32)30-21-9-7-20(28)8-10-21)25(18-11-12-33-15-18)26-22(29-16)13-19(14-23(26)31)17-5-3-2-4-6-17/h2-12,15,19,25,29H,13-14H2,1H3,(H,30,32)/t19-,25-/m0/s1. The first kappa shape index (κ1) is 21.3. The highest BCUT2D eigenvalue weighted by Gasteiger charge is 2.41. The van der Waals surface area contributed by atoms with E-state index in [1.165, 1.54) is 24.3 Å². The van der Waals surface area contributed by atoms with Crippen LogP contribution < -0.4 is 10.6 Å². The molecule has 0 bridgehead atoms. The summed E-state index contributed by atoms with van der Waals surface area (Å²) in [4.78, 5) is 26.9. The number of anilines is 1. The molecule has 0 spiro atoms. The summed E-state index contributed by atoms with van der Waals surface area (Å²) in [6.07, 6.45) is 1.13. The zero-order valence-corrected chi connectivity index (χ0v) is 18.9. The molecule has 1 aromatic heterocycles. The number of thiophene rings is 1. The predicted molar refractivity (Wildman–Crippen MR) is 128 cm³/mol. The topological polar surface area (TPSA) is 58.2 Å². The van der Waals surface area contributed by atoms with Crippen molar-refractivity contribution in [1.29, 1.82) is 0 Å². The van der Waals surface area contributed by atoms with Crippen molar-refractivity contribution in [3.05, 3.63) is 111 Å². The van der Waals surface area contributed by atoms with Crippen LogP contribution in [0.1, 0.15) is 42.7 Å². The van der Waals surface area contributed by atoms with Crippen molar-refractivity contribution in [2.45, 2.75) is 31.6 Å². The van der Waals surface area contributed by atoms with Gasteiger partial charge >= 0.3 is 0 Å². The predicted octanol–water partition coefficient (Wildman–Crippen LogP) is 5.89. The molecule has 6 heteroatoms. The summed E-state index contributed by atoms with van der Waals surface area (Å²) in [6, 6.07) is 17.7. The van der Waals surface area contributed by atoms with Gasteiger partial charge in [-0.3, -0.25) is 9.59 Å². The summed E-state index contributed by atoms with van der Waals surface area (Å²) in [6.45, 7) is 1.87. The summed E-state index contributed by atoms with van der Waals surface area (Å²) in [5.74, 6) is -0.928. The van der Waals surface area contributed by atoms with Gasteiger partial charge in [-0.05, 0) is 71.5 Å². The molecule has 1 amide bonds. The summed E-state index contributed by atoms with van der Waals surface area (Å²) in [5.41, 5.74) is 5.40. The number of amides is 1. The van der Waals surface area contributed by atoms with E-state index in [1.54, 1.807) is 11.3 Å². The highest BCUT2D eigenvalue weighted by Crippen LogP contribution is 2.46. The Hall–Kier alpha value is -3.51. The number of hydrogen-bond acceptors (Lipinski definition) is 4. The van der Waals surface area contributed by atoms with E-state index in [0.29, 0.717) is 23.3 Å². The third-order valence-corrected chi connectivity index (χ3v) is 7.02. The van der Waals surface area contributed by atoms with E-state index in [0.717, 1.165) is 28.9 Å². The van der Waals surface area contributed by atoms with E-state index >= 15 is 0 Å². The third-order valence-electron chi connectivity index (χ3n) is 6.32. The van der Waals surface area contributed by atoms with Crippen molar-refractivity contribution in [3.63, 3.8) is 0 Å². The van der Waals surface area contributed by atoms with Crippen LogP contribution in [0, 0.1) is 5.82 Å². The number of halogens is 1. The zero-order valence-electron chi connectivity index (χ0n) is 18.1. The number of benzene rings is 2. The van der Waals surface area contributed by atoms with Gasteiger partial charge in [-0.2, -0.15) is 11.3 Å². The highest BCUT2D eigenvalue weighted by molar-refractivity contribution is 7.08. The first-order valence-corrected chi connectivity index (χ1v) is 11.8. The lowest BCUT2D eigenvalue weighted by atomic mass is 9.72. The van der Waals surface area contributed by atoms with Crippen LogP contribution in [-0.2, 0) is 9.59 Å². The lowest BCUT2D eigenvalue weighted by Crippen LogP contribution is -2.36. The Morgan fingerprint density at radius 3 is 2.48 bits per heavy atom. The Bertz CT molecular complexity index is 1260. The van der Waals surface area contributed by atoms with Gasteiger partial charge in [0, 0.05) is 40.6 Å². The molecule has 166 valence electrons. The number of ketones is 1. The van der Waals surface area contributed by atoms with E-state index in [4.69, 9.17) is 0 Å². The van der Waals surface area contributed by atoms with Crippen LogP contribution in [0.15, 0.2) is 94.0 Å². The molecular formula is C27H23FN2O2S. The molecule has 33 heavy (non-hydrogen) atoms. The molecule has 3 aromatic rings. The molecule has 0 saturated heterocycles. The van der Waals surface area contributed by atoms with Crippen LogP contribution in [0.2, 0.25) is 0 Å². The van der Waals surface area contributed by atoms with E-state index in [1.807, 2.05) is 41.9 Å². The molecule has 0 saturated carbocycles. The molecule has 2 N–H and O–H groups in total. The second-order valence-electron chi connectivity index (χ2n) is 8.45. The van der Waals surface area contributed by atoms with Gasteiger partial charge < -0.3 is 10.6 Å². The molecule has 2 heterocycles. The number of rotatable bonds is 4. The van der Waals surface area contributed by atoms with Crippen molar-refractivity contribution in [2.75, 3.05) is 5.32 Å². The molecule has 4 nitrogen and oxygen atoms in total. The molecule has 2 aromatic carbocycles. The van der Waals surface area contributed by atoms with Gasteiger partial charge in [-0.15, -0.1) is 0 Å². The maximum absolute atomic E-state index is 13.5. The number of dihydropyridines is 1. The molecule has 5 rings (SSSR count). The van der Waals surface area contributed by atoms with Crippen LogP contribution in [0.25, 0.3) is 0 Å². The number of nitrogens with one attached hydrogen (secondary N) is 2. The summed E-state index contributed by atoms with van der Waals surface area (Å²) >= 11 is 1.54. The Labute approximate surface area is 195 Å². The normalized spacial score (nSPS) is 20.4. The van der Waals surface area contributed by atoms with Gasteiger partial charge in [0.25, 0.3) is 5.91 Å². The maximum atomic E-state index is 13.5. The molecule has 1 aliphatic heterocycles. The lowest BCUT2D eigenvalue weighted by Gasteiger charge is -2.36. The molecular weight excluding hydrogens is 435 g/mol. The first-order chi connectivity index (χ1) is 16.0. The van der Waals surface area contributed by atoms with Crippen molar-refractivity contribution in [3.8, 4) is 0 Å². The van der Waals surface area contributed by atoms with Crippen molar-refractivity contribution >= 4 is 28.7 Å². The van der Waals surface area contributed by atoms with E-state index in [-0.39, 0.29) is 23.4 Å². The average molecular weight is 459 g/mol. The van der Waals surface area contributed by atoms with Gasteiger partial charge in [-0.25, -0.2) is 4.39 Å². The number of allylic oxidation sites excluding steroid dienone is 3. The second-order valence-corrected chi connectivity index (χ2v) is 9.23. The smallest absolute Gasteiger partial charge is 0.254 e. The fraction of sp³-hybridized carbons (Fsp3) is 0.185. The molecule has 0 fully saturated rings. The molecule has 0 radical (unpaired) electrons. The van der Waals surface area contributed by atoms with Crippen molar-refractivity contribution < 1.29 is 14.0 Å². The average Bonchev–Trinajstić information content (AvgIpc) is 3.35. The number of Topliss-reactive ketones (excluding diaryl/α,β-unsaturated/α-hetero) is 1. The minimum absolute atomic E-state index is 0.0633. The molecule has 2 atom stereocenters. The zero-order chi connectivity index (χ0) is 22.9. The minimum Gasteiger partial charge on any atom is -0.362 e. The van der Waals surface area contributed by atoms with Gasteiger partial charge in [0.15, 0.2) is 5.78 Å². The highest BCUT2D eigenvalue weighted by atomic mass is 32.1. The van der Waals surface area contributed by atoms with E-state index < -0.39 is 5.92 Å². The van der Waals surface area contributed by atoms with Crippen LogP contribution in [0.4, 0.5) is 10.1 Å². The fourth-order valence-corrected chi connectivity index (χ4v) is 5.49. The minimum atomic E-state index is -0.433. The summed E-state index contributed by atoms with van der Waals surface area (Å²) < 4.78 is 13.3. The SMILES string of the molecule is CC1=C(C(=O)Nc2ccc(F)cc2)[C@H](c2ccsc2)C2=C(C[C@H](c3ccccc3)CC2=O)N1. The van der Waals surface area contributed by atoms with Crippen LogP contribution >= 0.6 is 11.3 Å². The fourth-order valence-electron chi connectivity index (χ4n) is 4.81. The number of carbonyl (C=O) groups excluding carboxylic acids is 2.